The molecule has 0 bridgehead atoms. The number of aromatic nitrogens is 2. The number of rotatable bonds is 6. The van der Waals surface area contributed by atoms with Gasteiger partial charge in [0, 0.05) is 26.1 Å². The van der Waals surface area contributed by atoms with Gasteiger partial charge in [-0.3, -0.25) is 4.90 Å². The third-order valence-corrected chi connectivity index (χ3v) is 3.80. The van der Waals surface area contributed by atoms with Crippen molar-refractivity contribution < 1.29 is 9.47 Å². The molecule has 0 aliphatic carbocycles. The third kappa shape index (κ3) is 3.36. The molecule has 0 amide bonds. The van der Waals surface area contributed by atoms with Crippen LogP contribution in [0.25, 0.3) is 0 Å². The smallest absolute Gasteiger partial charge is 0.161 e. The van der Waals surface area contributed by atoms with Crippen LogP contribution in [0.2, 0.25) is 0 Å². The Hall–Kier alpha value is -2.01. The van der Waals surface area contributed by atoms with Crippen LogP contribution >= 0.6 is 0 Å². The predicted molar refractivity (Wildman–Crippen MR) is 80.7 cm³/mol. The molecule has 1 N–H and O–H groups in total. The number of fused-ring (bicyclic) bond motifs is 1. The van der Waals surface area contributed by atoms with E-state index in [1.54, 1.807) is 13.4 Å². The number of hydrogen-bond acceptors (Lipinski definition) is 4. The highest BCUT2D eigenvalue weighted by atomic mass is 16.5. The van der Waals surface area contributed by atoms with Crippen molar-refractivity contribution >= 4 is 0 Å². The summed E-state index contributed by atoms with van der Waals surface area (Å²) in [4.78, 5) is 9.98. The summed E-state index contributed by atoms with van der Waals surface area (Å²) >= 11 is 0. The summed E-state index contributed by atoms with van der Waals surface area (Å²) in [7, 11) is 1.66. The van der Waals surface area contributed by atoms with E-state index in [0.717, 1.165) is 44.0 Å². The van der Waals surface area contributed by atoms with Crippen LogP contribution in [-0.2, 0) is 13.0 Å². The second-order valence-corrected chi connectivity index (χ2v) is 5.21. The van der Waals surface area contributed by atoms with Gasteiger partial charge >= 0.3 is 0 Å². The quantitative estimate of drug-likeness (QED) is 0.828. The van der Waals surface area contributed by atoms with E-state index in [1.807, 2.05) is 24.3 Å². The number of methoxy groups -OCH3 is 1. The highest BCUT2D eigenvalue weighted by Gasteiger charge is 2.17. The van der Waals surface area contributed by atoms with E-state index in [-0.39, 0.29) is 0 Å². The van der Waals surface area contributed by atoms with Crippen molar-refractivity contribution in [2.45, 2.75) is 19.4 Å². The molecule has 0 saturated heterocycles. The van der Waals surface area contributed by atoms with Crippen LogP contribution in [0.15, 0.2) is 30.6 Å². The number of para-hydroxylation sites is 2. The topological polar surface area (TPSA) is 50.4 Å². The van der Waals surface area contributed by atoms with Gasteiger partial charge in [0.25, 0.3) is 0 Å². The van der Waals surface area contributed by atoms with E-state index >= 15 is 0 Å². The number of ether oxygens (including phenoxy) is 2. The van der Waals surface area contributed by atoms with Crippen molar-refractivity contribution in [1.29, 1.82) is 0 Å². The van der Waals surface area contributed by atoms with Crippen molar-refractivity contribution in [2.24, 2.45) is 0 Å². The van der Waals surface area contributed by atoms with Gasteiger partial charge in [0.05, 0.1) is 31.4 Å². The van der Waals surface area contributed by atoms with Gasteiger partial charge in [-0.25, -0.2) is 4.98 Å². The molecule has 0 unspecified atom stereocenters. The Morgan fingerprint density at radius 3 is 3.00 bits per heavy atom. The summed E-state index contributed by atoms with van der Waals surface area (Å²) in [6, 6.07) is 7.76. The molecule has 0 radical (unpaired) electrons. The monoisotopic (exact) mass is 287 g/mol. The van der Waals surface area contributed by atoms with Crippen LogP contribution < -0.4 is 9.47 Å². The minimum atomic E-state index is 0.701. The molecule has 1 aliphatic rings. The van der Waals surface area contributed by atoms with Gasteiger partial charge in [-0.2, -0.15) is 0 Å². The zero-order valence-corrected chi connectivity index (χ0v) is 12.3. The van der Waals surface area contributed by atoms with Gasteiger partial charge in [0.1, 0.15) is 0 Å². The first-order valence-corrected chi connectivity index (χ1v) is 7.36. The Kier molecular flexibility index (Phi) is 4.40. The summed E-state index contributed by atoms with van der Waals surface area (Å²) in [5, 5.41) is 0. The first-order chi connectivity index (χ1) is 10.4. The zero-order valence-electron chi connectivity index (χ0n) is 12.3. The minimum absolute atomic E-state index is 0.701. The second kappa shape index (κ2) is 6.63. The number of imidazole rings is 1. The fourth-order valence-electron chi connectivity index (χ4n) is 2.67. The summed E-state index contributed by atoms with van der Waals surface area (Å²) in [6.45, 7) is 3.77. The van der Waals surface area contributed by atoms with Gasteiger partial charge in [0.2, 0.25) is 0 Å². The lowest BCUT2D eigenvalue weighted by molar-refractivity contribution is 0.215. The molecule has 1 aromatic heterocycles. The van der Waals surface area contributed by atoms with E-state index in [2.05, 4.69) is 14.9 Å². The van der Waals surface area contributed by atoms with Gasteiger partial charge in [-0.05, 0) is 18.6 Å². The number of benzene rings is 1. The predicted octanol–water partition coefficient (Wildman–Crippen LogP) is 2.25. The van der Waals surface area contributed by atoms with Gasteiger partial charge in [-0.1, -0.05) is 12.1 Å². The molecule has 1 aromatic carbocycles. The van der Waals surface area contributed by atoms with E-state index in [9.17, 15) is 0 Å². The molecule has 0 spiro atoms. The Balaban J connectivity index is 1.43. The standard InChI is InChI=1S/C16H21N3O2/c1-20-15-5-2-3-6-16(15)21-10-4-8-19-9-7-13-14(11-19)18-12-17-13/h2-3,5-6,12H,4,7-11H2,1H3,(H,17,18). The van der Waals surface area contributed by atoms with E-state index < -0.39 is 0 Å². The number of nitrogens with one attached hydrogen (secondary N) is 1. The molecule has 5 nitrogen and oxygen atoms in total. The average molecular weight is 287 g/mol. The van der Waals surface area contributed by atoms with Crippen molar-refractivity contribution in [3.8, 4) is 11.5 Å². The Bertz CT molecular complexity index is 582. The Labute approximate surface area is 124 Å². The molecule has 3 rings (SSSR count). The number of H-pyrrole nitrogens is 1. The third-order valence-electron chi connectivity index (χ3n) is 3.80. The van der Waals surface area contributed by atoms with Crippen molar-refractivity contribution in [2.75, 3.05) is 26.8 Å². The van der Waals surface area contributed by atoms with Gasteiger partial charge in [-0.15, -0.1) is 0 Å². The highest BCUT2D eigenvalue weighted by Crippen LogP contribution is 2.25. The Morgan fingerprint density at radius 1 is 1.29 bits per heavy atom. The fourth-order valence-corrected chi connectivity index (χ4v) is 2.67. The van der Waals surface area contributed by atoms with Crippen molar-refractivity contribution in [1.82, 2.24) is 14.9 Å². The maximum atomic E-state index is 5.80. The van der Waals surface area contributed by atoms with Crippen LogP contribution in [0.4, 0.5) is 0 Å². The molecular weight excluding hydrogens is 266 g/mol. The molecule has 0 atom stereocenters. The molecule has 0 fully saturated rings. The number of nitrogens with zero attached hydrogens (tertiary/aromatic N) is 2. The molecular formula is C16H21N3O2. The average Bonchev–Trinajstić information content (AvgIpc) is 2.99. The lowest BCUT2D eigenvalue weighted by Crippen LogP contribution is -2.32. The van der Waals surface area contributed by atoms with Crippen LogP contribution in [0, 0.1) is 0 Å². The first kappa shape index (κ1) is 13.9. The van der Waals surface area contributed by atoms with Crippen molar-refractivity contribution in [3.63, 3.8) is 0 Å². The normalized spacial score (nSPS) is 14.7. The summed E-state index contributed by atoms with van der Waals surface area (Å²) < 4.78 is 11.1. The largest absolute Gasteiger partial charge is 0.493 e. The van der Waals surface area contributed by atoms with E-state index in [4.69, 9.17) is 9.47 Å². The van der Waals surface area contributed by atoms with Crippen LogP contribution in [0.3, 0.4) is 0 Å². The number of hydrogen-bond donors (Lipinski definition) is 1. The molecule has 2 heterocycles. The van der Waals surface area contributed by atoms with Gasteiger partial charge in [0.15, 0.2) is 11.5 Å². The zero-order chi connectivity index (χ0) is 14.5. The van der Waals surface area contributed by atoms with Crippen molar-refractivity contribution in [3.05, 3.63) is 42.0 Å². The van der Waals surface area contributed by atoms with E-state index in [0.29, 0.717) is 6.61 Å². The van der Waals surface area contributed by atoms with Gasteiger partial charge < -0.3 is 14.5 Å². The molecule has 1 aliphatic heterocycles. The molecule has 2 aromatic rings. The lowest BCUT2D eigenvalue weighted by atomic mass is 10.1. The van der Waals surface area contributed by atoms with Crippen LogP contribution in [0.5, 0.6) is 11.5 Å². The fraction of sp³-hybridized carbons (Fsp3) is 0.438. The minimum Gasteiger partial charge on any atom is -0.493 e. The van der Waals surface area contributed by atoms with Crippen LogP contribution in [0.1, 0.15) is 17.8 Å². The second-order valence-electron chi connectivity index (χ2n) is 5.21. The Morgan fingerprint density at radius 2 is 2.14 bits per heavy atom. The molecule has 5 heteroatoms. The van der Waals surface area contributed by atoms with E-state index in [1.165, 1.54) is 11.4 Å². The summed E-state index contributed by atoms with van der Waals surface area (Å²) in [6.07, 6.45) is 3.83. The molecule has 112 valence electrons. The highest BCUT2D eigenvalue weighted by molar-refractivity contribution is 5.39. The maximum Gasteiger partial charge on any atom is 0.161 e. The van der Waals surface area contributed by atoms with Crippen LogP contribution in [-0.4, -0.2) is 41.7 Å². The SMILES string of the molecule is COc1ccccc1OCCCN1CCc2nc[nH]c2C1. The molecule has 21 heavy (non-hydrogen) atoms. The molecule has 0 saturated carbocycles. The first-order valence-electron chi connectivity index (χ1n) is 7.36. The number of aromatic amines is 1. The summed E-state index contributed by atoms with van der Waals surface area (Å²) in [5.41, 5.74) is 2.48. The summed E-state index contributed by atoms with van der Waals surface area (Å²) in [5.74, 6) is 1.60. The maximum absolute atomic E-state index is 5.80. The lowest BCUT2D eigenvalue weighted by Gasteiger charge is -2.25.